The minimum absolute atomic E-state index is 0.0412. The van der Waals surface area contributed by atoms with Gasteiger partial charge < -0.3 is 14.9 Å². The van der Waals surface area contributed by atoms with Gasteiger partial charge in [-0.3, -0.25) is 4.79 Å². The van der Waals surface area contributed by atoms with E-state index in [2.05, 4.69) is 10.2 Å². The van der Waals surface area contributed by atoms with Crippen molar-refractivity contribution in [3.8, 4) is 5.69 Å². The fourth-order valence-corrected chi connectivity index (χ4v) is 2.88. The van der Waals surface area contributed by atoms with E-state index in [0.29, 0.717) is 37.3 Å². The Kier molecular flexibility index (Phi) is 4.45. The number of carbonyl (C=O) groups is 2. The number of hydrogen-bond acceptors (Lipinski definition) is 4. The summed E-state index contributed by atoms with van der Waals surface area (Å²) in [6, 6.07) is 7.12. The van der Waals surface area contributed by atoms with E-state index in [1.54, 1.807) is 35.5 Å². The Balaban J connectivity index is 1.88. The van der Waals surface area contributed by atoms with Crippen LogP contribution in [0.2, 0.25) is 0 Å². The van der Waals surface area contributed by atoms with E-state index in [9.17, 15) is 9.59 Å². The van der Waals surface area contributed by atoms with Gasteiger partial charge in [0.1, 0.15) is 0 Å². The monoisotopic (exact) mass is 329 g/mol. The molecule has 0 radical (unpaired) electrons. The van der Waals surface area contributed by atoms with Crippen molar-refractivity contribution in [2.24, 2.45) is 0 Å². The van der Waals surface area contributed by atoms with Gasteiger partial charge in [0.05, 0.1) is 23.6 Å². The summed E-state index contributed by atoms with van der Waals surface area (Å²) in [5.41, 5.74) is 1.11. The first-order chi connectivity index (χ1) is 11.6. The van der Waals surface area contributed by atoms with Crippen molar-refractivity contribution in [2.75, 3.05) is 19.6 Å². The molecule has 1 atom stereocenters. The number of hydrogen-bond donors (Lipinski definition) is 1. The molecular weight excluding hydrogens is 310 g/mol. The third kappa shape index (κ3) is 3.08. The summed E-state index contributed by atoms with van der Waals surface area (Å²) in [7, 11) is 0. The highest BCUT2D eigenvalue weighted by Crippen LogP contribution is 2.19. The predicted molar refractivity (Wildman–Crippen MR) is 86.1 cm³/mol. The van der Waals surface area contributed by atoms with Crippen LogP contribution in [0.15, 0.2) is 36.7 Å². The minimum Gasteiger partial charge on any atom is -0.465 e. The summed E-state index contributed by atoms with van der Waals surface area (Å²) in [6.07, 6.45) is 2.78. The normalized spacial score (nSPS) is 18.3. The molecule has 1 aromatic heterocycles. The van der Waals surface area contributed by atoms with Gasteiger partial charge in [0.15, 0.2) is 0 Å². The van der Waals surface area contributed by atoms with Crippen molar-refractivity contribution < 1.29 is 14.7 Å². The van der Waals surface area contributed by atoms with Gasteiger partial charge in [-0.05, 0) is 25.5 Å². The molecule has 0 saturated carbocycles. The molecule has 1 saturated heterocycles. The molecule has 24 heavy (non-hydrogen) atoms. The molecule has 3 rings (SSSR count). The second-order valence-corrected chi connectivity index (χ2v) is 5.74. The van der Waals surface area contributed by atoms with Crippen molar-refractivity contribution in [3.63, 3.8) is 0 Å². The molecule has 1 N–H and O–H groups in total. The van der Waals surface area contributed by atoms with Gasteiger partial charge in [-0.1, -0.05) is 12.1 Å². The number of amides is 2. The average Bonchev–Trinajstić information content (AvgIpc) is 3.04. The van der Waals surface area contributed by atoms with Crippen molar-refractivity contribution in [1.82, 2.24) is 24.8 Å². The van der Waals surface area contributed by atoms with Gasteiger partial charge >= 0.3 is 6.09 Å². The second kappa shape index (κ2) is 6.69. The molecule has 2 amide bonds. The molecule has 8 nitrogen and oxygen atoms in total. The quantitative estimate of drug-likeness (QED) is 0.901. The van der Waals surface area contributed by atoms with E-state index in [4.69, 9.17) is 5.11 Å². The Labute approximate surface area is 139 Å². The lowest BCUT2D eigenvalue weighted by Crippen LogP contribution is -2.40. The Hall–Kier alpha value is -2.90. The highest BCUT2D eigenvalue weighted by Gasteiger charge is 2.28. The van der Waals surface area contributed by atoms with E-state index >= 15 is 0 Å². The zero-order valence-corrected chi connectivity index (χ0v) is 13.4. The van der Waals surface area contributed by atoms with Gasteiger partial charge in [-0.2, -0.15) is 15.0 Å². The lowest BCUT2D eigenvalue weighted by atomic mass is 10.1. The third-order valence-electron chi connectivity index (χ3n) is 4.26. The topological polar surface area (TPSA) is 91.6 Å². The highest BCUT2D eigenvalue weighted by molar-refractivity contribution is 5.98. The zero-order valence-electron chi connectivity index (χ0n) is 13.4. The summed E-state index contributed by atoms with van der Waals surface area (Å²) in [6.45, 7) is 3.06. The number of nitrogens with zero attached hydrogens (tertiary/aromatic N) is 5. The van der Waals surface area contributed by atoms with E-state index in [0.717, 1.165) is 0 Å². The molecular formula is C16H19N5O3. The molecule has 1 unspecified atom stereocenters. The molecule has 0 aliphatic carbocycles. The average molecular weight is 329 g/mol. The Morgan fingerprint density at radius 2 is 1.83 bits per heavy atom. The number of rotatable bonds is 2. The van der Waals surface area contributed by atoms with E-state index in [1.807, 2.05) is 13.0 Å². The second-order valence-electron chi connectivity index (χ2n) is 5.74. The summed E-state index contributed by atoms with van der Waals surface area (Å²) in [5, 5.41) is 17.4. The van der Waals surface area contributed by atoms with Crippen LogP contribution in [-0.2, 0) is 0 Å². The van der Waals surface area contributed by atoms with Gasteiger partial charge in [-0.15, -0.1) is 0 Å². The lowest BCUT2D eigenvalue weighted by Gasteiger charge is -2.27. The van der Waals surface area contributed by atoms with Gasteiger partial charge in [0.2, 0.25) is 0 Å². The summed E-state index contributed by atoms with van der Waals surface area (Å²) >= 11 is 0. The number of para-hydroxylation sites is 1. The number of benzene rings is 1. The van der Waals surface area contributed by atoms with E-state index < -0.39 is 6.09 Å². The Bertz CT molecular complexity index is 731. The molecule has 126 valence electrons. The smallest absolute Gasteiger partial charge is 0.407 e. The molecule has 1 fully saturated rings. The Morgan fingerprint density at radius 3 is 2.54 bits per heavy atom. The van der Waals surface area contributed by atoms with Crippen LogP contribution >= 0.6 is 0 Å². The minimum atomic E-state index is -0.947. The van der Waals surface area contributed by atoms with Gasteiger partial charge in [0.25, 0.3) is 5.91 Å². The predicted octanol–water partition coefficient (Wildman–Crippen LogP) is 1.48. The maximum Gasteiger partial charge on any atom is 0.407 e. The first-order valence-electron chi connectivity index (χ1n) is 7.82. The van der Waals surface area contributed by atoms with Crippen molar-refractivity contribution in [1.29, 1.82) is 0 Å². The largest absolute Gasteiger partial charge is 0.465 e. The molecule has 0 spiro atoms. The summed E-state index contributed by atoms with van der Waals surface area (Å²) in [4.78, 5) is 28.7. The maximum absolute atomic E-state index is 13.0. The highest BCUT2D eigenvalue weighted by atomic mass is 16.4. The van der Waals surface area contributed by atoms with Crippen LogP contribution in [0.25, 0.3) is 5.69 Å². The molecule has 1 aromatic carbocycles. The van der Waals surface area contributed by atoms with Crippen LogP contribution in [0, 0.1) is 0 Å². The first kappa shape index (κ1) is 16.0. The van der Waals surface area contributed by atoms with Crippen LogP contribution in [0.3, 0.4) is 0 Å². The number of carboxylic acid groups (broad SMARTS) is 1. The fourth-order valence-electron chi connectivity index (χ4n) is 2.88. The SMILES string of the molecule is CC1CCN(C(=O)O)CCN1C(=O)c1ccccc1-n1nccn1. The fraction of sp³-hybridized carbons (Fsp3) is 0.375. The van der Waals surface area contributed by atoms with Crippen molar-refractivity contribution in [3.05, 3.63) is 42.2 Å². The van der Waals surface area contributed by atoms with Crippen LogP contribution in [0.4, 0.5) is 4.79 Å². The van der Waals surface area contributed by atoms with Gasteiger partial charge in [0, 0.05) is 25.7 Å². The zero-order chi connectivity index (χ0) is 17.1. The lowest BCUT2D eigenvalue weighted by molar-refractivity contribution is 0.0699. The van der Waals surface area contributed by atoms with Crippen LogP contribution in [0.5, 0.6) is 0 Å². The maximum atomic E-state index is 13.0. The molecule has 2 aromatic rings. The Morgan fingerprint density at radius 1 is 1.12 bits per heavy atom. The molecule has 1 aliphatic rings. The third-order valence-corrected chi connectivity index (χ3v) is 4.26. The van der Waals surface area contributed by atoms with Crippen molar-refractivity contribution >= 4 is 12.0 Å². The van der Waals surface area contributed by atoms with Crippen molar-refractivity contribution in [2.45, 2.75) is 19.4 Å². The summed E-state index contributed by atoms with van der Waals surface area (Å²) < 4.78 is 0. The molecule has 0 bridgehead atoms. The summed E-state index contributed by atoms with van der Waals surface area (Å²) in [5.74, 6) is -0.136. The molecule has 2 heterocycles. The molecule has 8 heteroatoms. The van der Waals surface area contributed by atoms with Gasteiger partial charge in [-0.25, -0.2) is 4.79 Å². The first-order valence-corrected chi connectivity index (χ1v) is 7.82. The van der Waals surface area contributed by atoms with Crippen LogP contribution in [0.1, 0.15) is 23.7 Å². The van der Waals surface area contributed by atoms with E-state index in [-0.39, 0.29) is 11.9 Å². The molecule has 1 aliphatic heterocycles. The van der Waals surface area contributed by atoms with E-state index in [1.165, 1.54) is 9.70 Å². The number of aromatic nitrogens is 3. The van der Waals surface area contributed by atoms with Crippen LogP contribution in [-0.4, -0.2) is 67.6 Å². The van der Waals surface area contributed by atoms with Crippen LogP contribution < -0.4 is 0 Å². The standard InChI is InChI=1S/C16H19N5O3/c1-12-6-9-19(16(23)24)10-11-20(12)15(22)13-4-2-3-5-14(13)21-17-7-8-18-21/h2-5,7-8,12H,6,9-11H2,1H3,(H,23,24). The number of carbonyl (C=O) groups excluding carboxylic acids is 1.